The summed E-state index contributed by atoms with van der Waals surface area (Å²) in [4.78, 5) is 25.5. The number of hydrogen-bond donors (Lipinski definition) is 0. The van der Waals surface area contributed by atoms with Gasteiger partial charge in [-0.15, -0.1) is 0 Å². The van der Waals surface area contributed by atoms with Crippen molar-refractivity contribution in [2.24, 2.45) is 0 Å². The van der Waals surface area contributed by atoms with Gasteiger partial charge in [0.25, 0.3) is 0 Å². The lowest BCUT2D eigenvalue weighted by Crippen LogP contribution is -2.48. The van der Waals surface area contributed by atoms with E-state index in [1.54, 1.807) is 4.90 Å². The summed E-state index contributed by atoms with van der Waals surface area (Å²) in [6.07, 6.45) is 6.20. The second kappa shape index (κ2) is 10.4. The Labute approximate surface area is 204 Å². The number of carbonyl (C=O) groups excluding carboxylic acids is 1. The van der Waals surface area contributed by atoms with Crippen molar-refractivity contribution >= 4 is 27.7 Å². The van der Waals surface area contributed by atoms with E-state index in [0.717, 1.165) is 42.6 Å². The first-order valence-electron chi connectivity index (χ1n) is 11.7. The number of anilines is 1. The fraction of sp³-hybridized carbons (Fsp3) is 0.560. The zero-order valence-corrected chi connectivity index (χ0v) is 21.3. The third-order valence-corrected chi connectivity index (χ3v) is 6.69. The second-order valence-electron chi connectivity index (χ2n) is 9.78. The topological polar surface area (TPSA) is 67.8 Å². The van der Waals surface area contributed by atoms with Crippen LogP contribution in [0.3, 0.4) is 0 Å². The predicted octanol–water partition coefficient (Wildman–Crippen LogP) is 4.80. The van der Waals surface area contributed by atoms with Gasteiger partial charge in [-0.2, -0.15) is 0 Å². The molecule has 4 rings (SSSR count). The van der Waals surface area contributed by atoms with Crippen LogP contribution in [0.4, 0.5) is 10.5 Å². The molecule has 178 valence electrons. The van der Waals surface area contributed by atoms with Gasteiger partial charge < -0.3 is 19.3 Å². The number of aromatic nitrogens is 2. The van der Waals surface area contributed by atoms with Gasteiger partial charge >= 0.3 is 6.09 Å². The van der Waals surface area contributed by atoms with E-state index in [0.29, 0.717) is 25.6 Å². The van der Waals surface area contributed by atoms with Gasteiger partial charge in [-0.1, -0.05) is 6.07 Å². The van der Waals surface area contributed by atoms with Crippen molar-refractivity contribution in [3.05, 3.63) is 52.5 Å². The van der Waals surface area contributed by atoms with E-state index in [1.165, 1.54) is 11.3 Å². The molecule has 2 aliphatic heterocycles. The molecule has 1 unspecified atom stereocenters. The summed E-state index contributed by atoms with van der Waals surface area (Å²) in [5, 5.41) is 0. The molecule has 3 heterocycles. The molecule has 0 saturated carbocycles. The number of benzene rings is 1. The van der Waals surface area contributed by atoms with E-state index in [1.807, 2.05) is 39.2 Å². The van der Waals surface area contributed by atoms with Crippen LogP contribution in [0, 0.1) is 0 Å². The highest BCUT2D eigenvalue weighted by Crippen LogP contribution is 2.33. The Balaban J connectivity index is 1.33. The zero-order valence-electron chi connectivity index (χ0n) is 19.7. The monoisotopic (exact) mass is 516 g/mol. The van der Waals surface area contributed by atoms with Crippen molar-refractivity contribution in [2.75, 3.05) is 37.7 Å². The smallest absolute Gasteiger partial charge is 0.410 e. The van der Waals surface area contributed by atoms with Crippen molar-refractivity contribution in [1.29, 1.82) is 0 Å². The number of rotatable bonds is 4. The number of ether oxygens (including phenoxy) is 2. The van der Waals surface area contributed by atoms with Gasteiger partial charge in [-0.05, 0) is 73.3 Å². The lowest BCUT2D eigenvalue weighted by atomic mass is 9.95. The molecule has 1 amide bonds. The van der Waals surface area contributed by atoms with Crippen LogP contribution in [0.15, 0.2) is 41.1 Å². The number of hydrogen-bond acceptors (Lipinski definition) is 6. The summed E-state index contributed by atoms with van der Waals surface area (Å²) >= 11 is 3.78. The Morgan fingerprint density at radius 3 is 2.58 bits per heavy atom. The molecule has 1 aromatic heterocycles. The van der Waals surface area contributed by atoms with Crippen LogP contribution in [0.5, 0.6) is 0 Å². The molecule has 0 spiro atoms. The lowest BCUT2D eigenvalue weighted by molar-refractivity contribution is -0.0415. The molecule has 1 aromatic carbocycles. The van der Waals surface area contributed by atoms with Crippen LogP contribution >= 0.6 is 15.9 Å². The largest absolute Gasteiger partial charge is 0.444 e. The van der Waals surface area contributed by atoms with E-state index in [4.69, 9.17) is 9.47 Å². The number of piperidine rings is 1. The van der Waals surface area contributed by atoms with Crippen LogP contribution in [0.1, 0.15) is 50.9 Å². The molecule has 0 N–H and O–H groups in total. The van der Waals surface area contributed by atoms with Crippen molar-refractivity contribution in [3.8, 4) is 0 Å². The van der Waals surface area contributed by atoms with Gasteiger partial charge in [-0.25, -0.2) is 14.8 Å². The molecule has 2 fully saturated rings. The SMILES string of the molecule is CC(C)(C)OC(=O)N1CCOC(Cc2ccc(N3CCC(c4ncccn4)CC3)c(Br)c2)C1. The highest BCUT2D eigenvalue weighted by Gasteiger charge is 2.29. The molecule has 8 heteroatoms. The van der Waals surface area contributed by atoms with E-state index >= 15 is 0 Å². The Kier molecular flexibility index (Phi) is 7.54. The summed E-state index contributed by atoms with van der Waals surface area (Å²) in [6, 6.07) is 8.40. The van der Waals surface area contributed by atoms with Crippen LogP contribution in [-0.4, -0.2) is 65.5 Å². The second-order valence-corrected chi connectivity index (χ2v) is 10.6. The van der Waals surface area contributed by atoms with Crippen LogP contribution in [0.25, 0.3) is 0 Å². The quantitative estimate of drug-likeness (QED) is 0.581. The maximum atomic E-state index is 12.4. The van der Waals surface area contributed by atoms with Gasteiger partial charge in [0.1, 0.15) is 11.4 Å². The minimum absolute atomic E-state index is 0.0364. The number of nitrogens with zero attached hydrogens (tertiary/aromatic N) is 4. The summed E-state index contributed by atoms with van der Waals surface area (Å²) in [5.74, 6) is 1.39. The summed E-state index contributed by atoms with van der Waals surface area (Å²) < 4.78 is 12.6. The van der Waals surface area contributed by atoms with E-state index in [-0.39, 0.29) is 12.2 Å². The minimum atomic E-state index is -0.492. The molecule has 0 radical (unpaired) electrons. The van der Waals surface area contributed by atoms with Crippen molar-refractivity contribution < 1.29 is 14.3 Å². The highest BCUT2D eigenvalue weighted by molar-refractivity contribution is 9.10. The maximum absolute atomic E-state index is 12.4. The first-order valence-corrected chi connectivity index (χ1v) is 12.5. The number of amides is 1. The number of morpholine rings is 1. The number of carbonyl (C=O) groups is 1. The molecular formula is C25H33BrN4O3. The van der Waals surface area contributed by atoms with Crippen molar-refractivity contribution in [2.45, 2.75) is 57.7 Å². The average Bonchev–Trinajstić information content (AvgIpc) is 2.79. The molecule has 2 saturated heterocycles. The Morgan fingerprint density at radius 2 is 1.91 bits per heavy atom. The molecular weight excluding hydrogens is 484 g/mol. The van der Waals surface area contributed by atoms with Crippen LogP contribution in [-0.2, 0) is 15.9 Å². The Morgan fingerprint density at radius 1 is 1.18 bits per heavy atom. The van der Waals surface area contributed by atoms with E-state index in [2.05, 4.69) is 49.0 Å². The average molecular weight is 517 g/mol. The van der Waals surface area contributed by atoms with Crippen LogP contribution in [0.2, 0.25) is 0 Å². The molecule has 33 heavy (non-hydrogen) atoms. The molecule has 0 aliphatic carbocycles. The normalized spacial score (nSPS) is 20.1. The van der Waals surface area contributed by atoms with Crippen molar-refractivity contribution in [1.82, 2.24) is 14.9 Å². The highest BCUT2D eigenvalue weighted by atomic mass is 79.9. The van der Waals surface area contributed by atoms with Crippen LogP contribution < -0.4 is 4.90 Å². The Hall–Kier alpha value is -2.19. The predicted molar refractivity (Wildman–Crippen MR) is 132 cm³/mol. The van der Waals surface area contributed by atoms with E-state index in [9.17, 15) is 4.79 Å². The summed E-state index contributed by atoms with van der Waals surface area (Å²) in [6.45, 7) is 9.28. The standard InChI is InChI=1S/C25H33BrN4O3/c1-25(2,3)33-24(31)30-13-14-32-20(17-30)15-18-5-6-22(21(26)16-18)29-11-7-19(8-12-29)23-27-9-4-10-28-23/h4-6,9-10,16,19-20H,7-8,11-15,17H2,1-3H3. The van der Waals surface area contributed by atoms with Gasteiger partial charge in [-0.3, -0.25) is 0 Å². The zero-order chi connectivity index (χ0) is 23.4. The van der Waals surface area contributed by atoms with Gasteiger partial charge in [0.2, 0.25) is 0 Å². The minimum Gasteiger partial charge on any atom is -0.444 e. The van der Waals surface area contributed by atoms with Gasteiger partial charge in [0.15, 0.2) is 0 Å². The van der Waals surface area contributed by atoms with Gasteiger partial charge in [0, 0.05) is 48.8 Å². The molecule has 2 aliphatic rings. The third kappa shape index (κ3) is 6.44. The summed E-state index contributed by atoms with van der Waals surface area (Å²) in [5.41, 5.74) is 1.91. The lowest BCUT2D eigenvalue weighted by Gasteiger charge is -2.35. The fourth-order valence-corrected chi connectivity index (χ4v) is 5.11. The molecule has 1 atom stereocenters. The maximum Gasteiger partial charge on any atom is 0.410 e. The Bertz CT molecular complexity index is 942. The summed E-state index contributed by atoms with van der Waals surface area (Å²) in [7, 11) is 0. The molecule has 7 nitrogen and oxygen atoms in total. The number of halogens is 1. The van der Waals surface area contributed by atoms with Gasteiger partial charge in [0.05, 0.1) is 24.9 Å². The molecule has 0 bridgehead atoms. The fourth-order valence-electron chi connectivity index (χ4n) is 4.43. The van der Waals surface area contributed by atoms with Crippen molar-refractivity contribution in [3.63, 3.8) is 0 Å². The van der Waals surface area contributed by atoms with E-state index < -0.39 is 5.60 Å². The first-order chi connectivity index (χ1) is 15.8. The first kappa shape index (κ1) is 24.0. The molecule has 2 aromatic rings. The third-order valence-electron chi connectivity index (χ3n) is 6.05.